The summed E-state index contributed by atoms with van der Waals surface area (Å²) < 4.78 is 26.6. The molecule has 5 heteroatoms. The summed E-state index contributed by atoms with van der Waals surface area (Å²) in [5.74, 6) is -1.09. The van der Waals surface area contributed by atoms with Gasteiger partial charge in [-0.05, 0) is 50.1 Å². The molecule has 2 N–H and O–H groups in total. The Balaban J connectivity index is 1.83. The number of nitrogens with one attached hydrogen (secondary N) is 1. The number of thioether (sulfide) groups is 1. The van der Waals surface area contributed by atoms with E-state index in [0.29, 0.717) is 6.04 Å². The first-order valence-corrected chi connectivity index (χ1v) is 8.28. The van der Waals surface area contributed by atoms with Crippen molar-refractivity contribution in [2.75, 3.05) is 12.8 Å². The van der Waals surface area contributed by atoms with E-state index in [1.54, 1.807) is 0 Å². The van der Waals surface area contributed by atoms with Gasteiger partial charge >= 0.3 is 0 Å². The van der Waals surface area contributed by atoms with Gasteiger partial charge in [0.1, 0.15) is 11.6 Å². The Morgan fingerprint density at radius 2 is 2.00 bits per heavy atom. The summed E-state index contributed by atoms with van der Waals surface area (Å²) in [6, 6.07) is 3.54. The zero-order chi connectivity index (χ0) is 14.5. The maximum Gasteiger partial charge on any atom is 0.129 e. The molecule has 2 nitrogen and oxygen atoms in total. The Labute approximate surface area is 123 Å². The quantitative estimate of drug-likeness (QED) is 0.875. The molecule has 1 unspecified atom stereocenters. The van der Waals surface area contributed by atoms with Gasteiger partial charge in [-0.2, -0.15) is 11.8 Å². The van der Waals surface area contributed by atoms with E-state index in [9.17, 15) is 13.9 Å². The highest BCUT2D eigenvalue weighted by Crippen LogP contribution is 2.27. The van der Waals surface area contributed by atoms with Crippen molar-refractivity contribution < 1.29 is 13.9 Å². The molecule has 1 fully saturated rings. The molecular formula is C15H21F2NOS. The maximum absolute atomic E-state index is 13.5. The highest BCUT2D eigenvalue weighted by atomic mass is 32.2. The molecule has 1 atom stereocenters. The van der Waals surface area contributed by atoms with Gasteiger partial charge in [0.05, 0.1) is 6.10 Å². The van der Waals surface area contributed by atoms with Crippen LogP contribution in [0.2, 0.25) is 0 Å². The SMILES string of the molecule is CSC1CCC(NCC(O)c2cc(F)ccc2F)CC1. The topological polar surface area (TPSA) is 32.3 Å². The third-order valence-electron chi connectivity index (χ3n) is 3.92. The van der Waals surface area contributed by atoms with Gasteiger partial charge in [-0.25, -0.2) is 8.78 Å². The van der Waals surface area contributed by atoms with Crippen molar-refractivity contribution in [1.82, 2.24) is 5.32 Å². The fourth-order valence-electron chi connectivity index (χ4n) is 2.66. The van der Waals surface area contributed by atoms with Crippen molar-refractivity contribution in [3.8, 4) is 0 Å². The minimum Gasteiger partial charge on any atom is -0.387 e. The fraction of sp³-hybridized carbons (Fsp3) is 0.600. The van der Waals surface area contributed by atoms with Gasteiger partial charge < -0.3 is 10.4 Å². The average Bonchev–Trinajstić information content (AvgIpc) is 2.47. The van der Waals surface area contributed by atoms with Gasteiger partial charge in [0, 0.05) is 23.4 Å². The standard InChI is InChI=1S/C15H21F2NOS/c1-20-12-5-3-11(4-6-12)18-9-15(19)13-8-10(16)2-7-14(13)17/h2,7-8,11-12,15,18-19H,3-6,9H2,1H3. The molecule has 0 saturated heterocycles. The number of aliphatic hydroxyl groups excluding tert-OH is 1. The number of aliphatic hydroxyl groups is 1. The van der Waals surface area contributed by atoms with Crippen LogP contribution in [0.3, 0.4) is 0 Å². The van der Waals surface area contributed by atoms with E-state index in [1.807, 2.05) is 11.8 Å². The predicted octanol–water partition coefficient (Wildman–Crippen LogP) is 3.26. The van der Waals surface area contributed by atoms with E-state index in [2.05, 4.69) is 11.6 Å². The second-order valence-electron chi connectivity index (χ2n) is 5.30. The molecule has 0 bridgehead atoms. The minimum atomic E-state index is -1.01. The molecule has 1 aliphatic carbocycles. The monoisotopic (exact) mass is 301 g/mol. The second kappa shape index (κ2) is 7.38. The van der Waals surface area contributed by atoms with Crippen LogP contribution < -0.4 is 5.32 Å². The average molecular weight is 301 g/mol. The number of halogens is 2. The zero-order valence-electron chi connectivity index (χ0n) is 11.6. The largest absolute Gasteiger partial charge is 0.387 e. The molecule has 1 aromatic rings. The van der Waals surface area contributed by atoms with E-state index >= 15 is 0 Å². The number of benzene rings is 1. The van der Waals surface area contributed by atoms with Gasteiger partial charge in [-0.15, -0.1) is 0 Å². The second-order valence-corrected chi connectivity index (χ2v) is 6.44. The summed E-state index contributed by atoms with van der Waals surface area (Å²) >= 11 is 1.90. The first-order valence-electron chi connectivity index (χ1n) is 6.99. The van der Waals surface area contributed by atoms with Crippen molar-refractivity contribution in [3.05, 3.63) is 35.4 Å². The van der Waals surface area contributed by atoms with E-state index in [1.165, 1.54) is 12.8 Å². The summed E-state index contributed by atoms with van der Waals surface area (Å²) in [5.41, 5.74) is 0.0234. The van der Waals surface area contributed by atoms with Crippen LogP contribution in [0.4, 0.5) is 8.78 Å². The highest BCUT2D eigenvalue weighted by Gasteiger charge is 2.21. The Bertz CT molecular complexity index is 436. The van der Waals surface area contributed by atoms with E-state index in [-0.39, 0.29) is 12.1 Å². The summed E-state index contributed by atoms with van der Waals surface area (Å²) in [6.07, 6.45) is 5.61. The lowest BCUT2D eigenvalue weighted by Crippen LogP contribution is -2.36. The third kappa shape index (κ3) is 4.17. The molecule has 2 rings (SSSR count). The molecule has 0 amide bonds. The highest BCUT2D eigenvalue weighted by molar-refractivity contribution is 7.99. The molecule has 112 valence electrons. The van der Waals surface area contributed by atoms with Crippen molar-refractivity contribution in [2.45, 2.75) is 43.1 Å². The third-order valence-corrected chi connectivity index (χ3v) is 5.06. The van der Waals surface area contributed by atoms with Crippen LogP contribution in [-0.2, 0) is 0 Å². The number of hydrogen-bond donors (Lipinski definition) is 2. The molecule has 20 heavy (non-hydrogen) atoms. The molecule has 0 aliphatic heterocycles. The molecular weight excluding hydrogens is 280 g/mol. The van der Waals surface area contributed by atoms with Crippen LogP contribution in [0.25, 0.3) is 0 Å². The van der Waals surface area contributed by atoms with Gasteiger partial charge in [0.25, 0.3) is 0 Å². The van der Waals surface area contributed by atoms with Crippen molar-refractivity contribution in [1.29, 1.82) is 0 Å². The summed E-state index contributed by atoms with van der Waals surface area (Å²) in [6.45, 7) is 0.259. The lowest BCUT2D eigenvalue weighted by atomic mass is 9.94. The maximum atomic E-state index is 13.5. The zero-order valence-corrected chi connectivity index (χ0v) is 12.4. The van der Waals surface area contributed by atoms with Crippen molar-refractivity contribution in [2.24, 2.45) is 0 Å². The van der Waals surface area contributed by atoms with Crippen LogP contribution in [0, 0.1) is 11.6 Å². The van der Waals surface area contributed by atoms with Crippen LogP contribution in [0.1, 0.15) is 37.4 Å². The van der Waals surface area contributed by atoms with E-state index in [0.717, 1.165) is 36.3 Å². The lowest BCUT2D eigenvalue weighted by molar-refractivity contribution is 0.161. The first kappa shape index (κ1) is 15.7. The minimum absolute atomic E-state index is 0.0234. The first-order chi connectivity index (χ1) is 9.60. The van der Waals surface area contributed by atoms with E-state index < -0.39 is 17.7 Å². The summed E-state index contributed by atoms with van der Waals surface area (Å²) in [7, 11) is 0. The normalized spacial score (nSPS) is 24.6. The van der Waals surface area contributed by atoms with Gasteiger partial charge in [0.2, 0.25) is 0 Å². The molecule has 0 spiro atoms. The smallest absolute Gasteiger partial charge is 0.129 e. The summed E-state index contributed by atoms with van der Waals surface area (Å²) in [4.78, 5) is 0. The van der Waals surface area contributed by atoms with Crippen LogP contribution in [0.5, 0.6) is 0 Å². The lowest BCUT2D eigenvalue weighted by Gasteiger charge is -2.29. The fourth-order valence-corrected chi connectivity index (χ4v) is 3.40. The van der Waals surface area contributed by atoms with Gasteiger partial charge in [-0.3, -0.25) is 0 Å². The molecule has 0 heterocycles. The van der Waals surface area contributed by atoms with Crippen molar-refractivity contribution in [3.63, 3.8) is 0 Å². The number of rotatable bonds is 5. The van der Waals surface area contributed by atoms with E-state index in [4.69, 9.17) is 0 Å². The molecule has 1 aromatic carbocycles. The van der Waals surface area contributed by atoms with Gasteiger partial charge in [-0.1, -0.05) is 0 Å². The Morgan fingerprint density at radius 3 is 2.65 bits per heavy atom. The Hall–Kier alpha value is -0.650. The van der Waals surface area contributed by atoms with Crippen LogP contribution in [-0.4, -0.2) is 29.2 Å². The van der Waals surface area contributed by atoms with Gasteiger partial charge in [0.15, 0.2) is 0 Å². The predicted molar refractivity (Wildman–Crippen MR) is 78.9 cm³/mol. The molecule has 0 radical (unpaired) electrons. The molecule has 0 aromatic heterocycles. The molecule has 1 aliphatic rings. The summed E-state index contributed by atoms with van der Waals surface area (Å²) in [5, 5.41) is 14.0. The number of hydrogen-bond acceptors (Lipinski definition) is 3. The van der Waals surface area contributed by atoms with Crippen molar-refractivity contribution >= 4 is 11.8 Å². The Kier molecular flexibility index (Phi) is 5.81. The van der Waals surface area contributed by atoms with Crippen LogP contribution >= 0.6 is 11.8 Å². The van der Waals surface area contributed by atoms with Crippen LogP contribution in [0.15, 0.2) is 18.2 Å². The molecule has 1 saturated carbocycles. The Morgan fingerprint density at radius 1 is 1.30 bits per heavy atom.